The number of aliphatic imine (C=N–C) groups is 1. The number of guanidine groups is 1. The Bertz CT molecular complexity index is 240. The predicted octanol–water partition coefficient (Wildman–Crippen LogP) is -0.732. The summed E-state index contributed by atoms with van der Waals surface area (Å²) in [5, 5.41) is 15.1. The Hall–Kier alpha value is -1.85. The Morgan fingerprint density at radius 3 is 2.58 bits per heavy atom. The van der Waals surface area contributed by atoms with Gasteiger partial charge in [-0.25, -0.2) is 9.79 Å². The monoisotopic (exact) mass is 170 g/mol. The molecule has 66 valence electrons. The quantitative estimate of drug-likeness (QED) is 0.327. The molecule has 0 rings (SSSR count). The van der Waals surface area contributed by atoms with E-state index in [1.165, 1.54) is 12.3 Å². The van der Waals surface area contributed by atoms with Gasteiger partial charge in [0.25, 0.3) is 0 Å². The van der Waals surface area contributed by atoms with E-state index in [4.69, 9.17) is 22.0 Å². The van der Waals surface area contributed by atoms with Crippen molar-refractivity contribution in [2.24, 2.45) is 16.5 Å². The SMILES string of the molecule is N=C(C/C=C/N=C(N)N)C(=O)O. The summed E-state index contributed by atoms with van der Waals surface area (Å²) in [4.78, 5) is 13.5. The zero-order valence-corrected chi connectivity index (χ0v) is 6.32. The van der Waals surface area contributed by atoms with Crippen molar-refractivity contribution >= 4 is 17.6 Å². The first-order valence-corrected chi connectivity index (χ1v) is 3.08. The summed E-state index contributed by atoms with van der Waals surface area (Å²) in [5.41, 5.74) is 9.55. The van der Waals surface area contributed by atoms with Gasteiger partial charge in [0.1, 0.15) is 5.71 Å². The largest absolute Gasteiger partial charge is 0.477 e. The number of rotatable bonds is 4. The standard InChI is InChI=1S/C6H10N4O2/c7-4(5(11)12)2-1-3-10-6(8)9/h1,3,7H,2H2,(H,11,12)(H4,8,9,10)/b3-1+,7-4?. The Balaban J connectivity index is 3.84. The molecule has 0 aliphatic heterocycles. The summed E-state index contributed by atoms with van der Waals surface area (Å²) in [6.45, 7) is 0. The topological polar surface area (TPSA) is 126 Å². The lowest BCUT2D eigenvalue weighted by molar-refractivity contribution is -0.129. The highest BCUT2D eigenvalue weighted by Gasteiger charge is 2.01. The fraction of sp³-hybridized carbons (Fsp3) is 0.167. The van der Waals surface area contributed by atoms with Gasteiger partial charge < -0.3 is 16.6 Å². The van der Waals surface area contributed by atoms with Gasteiger partial charge in [0.2, 0.25) is 0 Å². The maximum Gasteiger partial charge on any atom is 0.349 e. The van der Waals surface area contributed by atoms with Crippen LogP contribution >= 0.6 is 0 Å². The van der Waals surface area contributed by atoms with Crippen LogP contribution in [0.15, 0.2) is 17.3 Å². The lowest BCUT2D eigenvalue weighted by atomic mass is 10.3. The molecule has 0 aromatic carbocycles. The molecule has 0 unspecified atom stereocenters. The molecule has 6 heteroatoms. The molecule has 0 heterocycles. The fourth-order valence-electron chi connectivity index (χ4n) is 0.397. The minimum Gasteiger partial charge on any atom is -0.477 e. The third kappa shape index (κ3) is 4.98. The zero-order valence-electron chi connectivity index (χ0n) is 6.32. The normalized spacial score (nSPS) is 9.67. The van der Waals surface area contributed by atoms with Crippen molar-refractivity contribution in [2.75, 3.05) is 0 Å². The molecule has 0 amide bonds. The van der Waals surface area contributed by atoms with Crippen LogP contribution in [0.2, 0.25) is 0 Å². The van der Waals surface area contributed by atoms with Crippen LogP contribution in [0, 0.1) is 5.41 Å². The highest BCUT2D eigenvalue weighted by atomic mass is 16.4. The van der Waals surface area contributed by atoms with Gasteiger partial charge in [-0.2, -0.15) is 0 Å². The highest BCUT2D eigenvalue weighted by molar-refractivity contribution is 6.34. The molecular formula is C6H10N4O2. The van der Waals surface area contributed by atoms with Gasteiger partial charge in [-0.1, -0.05) is 6.08 Å². The lowest BCUT2D eigenvalue weighted by Crippen LogP contribution is -2.21. The molecule has 0 saturated carbocycles. The summed E-state index contributed by atoms with van der Waals surface area (Å²) in [6, 6.07) is 0. The maximum atomic E-state index is 10.1. The molecule has 0 aromatic heterocycles. The summed E-state index contributed by atoms with van der Waals surface area (Å²) in [5.74, 6) is -1.35. The van der Waals surface area contributed by atoms with E-state index in [2.05, 4.69) is 4.99 Å². The van der Waals surface area contributed by atoms with Crippen molar-refractivity contribution in [3.8, 4) is 0 Å². The molecule has 0 aliphatic rings. The second-order valence-electron chi connectivity index (χ2n) is 1.93. The van der Waals surface area contributed by atoms with Gasteiger partial charge in [-0.3, -0.25) is 5.41 Å². The minimum atomic E-state index is -1.25. The number of carbonyl (C=O) groups is 1. The Morgan fingerprint density at radius 1 is 1.58 bits per heavy atom. The minimum absolute atomic E-state index is 0.00606. The van der Waals surface area contributed by atoms with E-state index in [0.717, 1.165) is 0 Å². The van der Waals surface area contributed by atoms with Gasteiger partial charge in [-0.05, 0) is 0 Å². The smallest absolute Gasteiger partial charge is 0.349 e. The van der Waals surface area contributed by atoms with Crippen molar-refractivity contribution in [1.82, 2.24) is 0 Å². The number of nitrogens with one attached hydrogen (secondary N) is 1. The summed E-state index contributed by atoms with van der Waals surface area (Å²) < 4.78 is 0. The van der Waals surface area contributed by atoms with Crippen LogP contribution in [-0.4, -0.2) is 22.7 Å². The summed E-state index contributed by atoms with van der Waals surface area (Å²) >= 11 is 0. The Labute approximate surface area is 69.1 Å². The first-order valence-electron chi connectivity index (χ1n) is 3.08. The number of hydrogen-bond acceptors (Lipinski definition) is 3. The predicted molar refractivity (Wildman–Crippen MR) is 44.9 cm³/mol. The molecule has 6 nitrogen and oxygen atoms in total. The van der Waals surface area contributed by atoms with Crippen molar-refractivity contribution in [1.29, 1.82) is 5.41 Å². The van der Waals surface area contributed by atoms with Crippen LogP contribution in [0.25, 0.3) is 0 Å². The van der Waals surface area contributed by atoms with Crippen molar-refractivity contribution in [3.05, 3.63) is 12.3 Å². The molecule has 0 radical (unpaired) electrons. The van der Waals surface area contributed by atoms with E-state index in [-0.39, 0.29) is 12.4 Å². The van der Waals surface area contributed by atoms with E-state index in [0.29, 0.717) is 0 Å². The van der Waals surface area contributed by atoms with Gasteiger partial charge in [0.05, 0.1) is 0 Å². The number of nitrogens with two attached hydrogens (primary N) is 2. The van der Waals surface area contributed by atoms with Crippen molar-refractivity contribution in [3.63, 3.8) is 0 Å². The number of hydrogen-bond donors (Lipinski definition) is 4. The van der Waals surface area contributed by atoms with Crippen LogP contribution < -0.4 is 11.5 Å². The van der Waals surface area contributed by atoms with Crippen LogP contribution in [-0.2, 0) is 4.79 Å². The number of carboxylic acids is 1. The van der Waals surface area contributed by atoms with Gasteiger partial charge in [0, 0.05) is 12.6 Å². The molecule has 12 heavy (non-hydrogen) atoms. The molecule has 0 aliphatic carbocycles. The van der Waals surface area contributed by atoms with Crippen LogP contribution in [0.1, 0.15) is 6.42 Å². The molecule has 0 spiro atoms. The van der Waals surface area contributed by atoms with Crippen molar-refractivity contribution < 1.29 is 9.90 Å². The molecule has 0 fully saturated rings. The third-order valence-corrected chi connectivity index (χ3v) is 0.909. The second-order valence-corrected chi connectivity index (χ2v) is 1.93. The Kier molecular flexibility index (Phi) is 4.13. The Morgan fingerprint density at radius 2 is 2.17 bits per heavy atom. The molecule has 0 bridgehead atoms. The molecule has 0 atom stereocenters. The van der Waals surface area contributed by atoms with E-state index >= 15 is 0 Å². The van der Waals surface area contributed by atoms with Crippen LogP contribution in [0.3, 0.4) is 0 Å². The van der Waals surface area contributed by atoms with Crippen molar-refractivity contribution in [2.45, 2.75) is 6.42 Å². The molecule has 6 N–H and O–H groups in total. The lowest BCUT2D eigenvalue weighted by Gasteiger charge is -1.89. The highest BCUT2D eigenvalue weighted by Crippen LogP contribution is 1.86. The van der Waals surface area contributed by atoms with E-state index in [9.17, 15) is 4.79 Å². The fourth-order valence-corrected chi connectivity index (χ4v) is 0.397. The van der Waals surface area contributed by atoms with E-state index in [1.54, 1.807) is 0 Å². The average Bonchev–Trinajstić information content (AvgIpc) is 1.97. The van der Waals surface area contributed by atoms with Crippen LogP contribution in [0.4, 0.5) is 0 Å². The van der Waals surface area contributed by atoms with E-state index in [1.807, 2.05) is 0 Å². The number of nitrogens with zero attached hydrogens (tertiary/aromatic N) is 1. The van der Waals surface area contributed by atoms with Crippen LogP contribution in [0.5, 0.6) is 0 Å². The molecular weight excluding hydrogens is 160 g/mol. The second kappa shape index (κ2) is 4.89. The third-order valence-electron chi connectivity index (χ3n) is 0.909. The maximum absolute atomic E-state index is 10.1. The number of allylic oxidation sites excluding steroid dienone is 1. The summed E-state index contributed by atoms with van der Waals surface area (Å²) in [7, 11) is 0. The average molecular weight is 170 g/mol. The number of aliphatic carboxylic acids is 1. The van der Waals surface area contributed by atoms with Gasteiger partial charge in [-0.15, -0.1) is 0 Å². The molecule has 0 saturated heterocycles. The first kappa shape index (κ1) is 10.2. The molecule has 0 aromatic rings. The number of carboxylic acid groups (broad SMARTS) is 1. The van der Waals surface area contributed by atoms with Gasteiger partial charge >= 0.3 is 5.97 Å². The summed E-state index contributed by atoms with van der Waals surface area (Å²) in [6.07, 6.45) is 2.65. The zero-order chi connectivity index (χ0) is 9.56. The first-order chi connectivity index (χ1) is 5.54. The van der Waals surface area contributed by atoms with Gasteiger partial charge in [0.15, 0.2) is 5.96 Å². The van der Waals surface area contributed by atoms with E-state index < -0.39 is 11.7 Å².